The number of fused-ring (bicyclic) bond motifs is 2. The molecule has 0 radical (unpaired) electrons. The van der Waals surface area contributed by atoms with E-state index in [-0.39, 0.29) is 12.1 Å². The summed E-state index contributed by atoms with van der Waals surface area (Å²) < 4.78 is 30.4. The van der Waals surface area contributed by atoms with Gasteiger partial charge in [0.05, 0.1) is 29.4 Å². The van der Waals surface area contributed by atoms with Gasteiger partial charge in [0.2, 0.25) is 10.0 Å². The molecule has 1 saturated heterocycles. The lowest BCUT2D eigenvalue weighted by Crippen LogP contribution is -2.51. The summed E-state index contributed by atoms with van der Waals surface area (Å²) in [4.78, 5) is 7.60. The highest BCUT2D eigenvalue weighted by molar-refractivity contribution is 7.89. The first-order valence-corrected chi connectivity index (χ1v) is 12.1. The normalized spacial score (nSPS) is 22.0. The van der Waals surface area contributed by atoms with Gasteiger partial charge in [-0.05, 0) is 63.0 Å². The van der Waals surface area contributed by atoms with Crippen molar-refractivity contribution < 1.29 is 8.42 Å². The van der Waals surface area contributed by atoms with E-state index in [0.717, 1.165) is 50.4 Å². The van der Waals surface area contributed by atoms with Crippen molar-refractivity contribution in [2.75, 3.05) is 18.4 Å². The number of aryl methyl sites for hydroxylation is 1. The second kappa shape index (κ2) is 7.68. The van der Waals surface area contributed by atoms with Gasteiger partial charge in [0.1, 0.15) is 10.7 Å². The van der Waals surface area contributed by atoms with Crippen molar-refractivity contribution in [1.82, 2.24) is 19.2 Å². The fraction of sp³-hybridized carbons (Fsp3) is 0.409. The molecule has 30 heavy (non-hydrogen) atoms. The van der Waals surface area contributed by atoms with Gasteiger partial charge in [-0.1, -0.05) is 24.3 Å². The summed E-state index contributed by atoms with van der Waals surface area (Å²) in [6, 6.07) is 15.4. The van der Waals surface area contributed by atoms with Crippen molar-refractivity contribution in [2.45, 2.75) is 43.9 Å². The maximum Gasteiger partial charge on any atom is 0.244 e. The maximum atomic E-state index is 12.6. The minimum absolute atomic E-state index is 0.257. The Hall–Kier alpha value is -2.42. The molecule has 5 rings (SSSR count). The van der Waals surface area contributed by atoms with E-state index >= 15 is 0 Å². The second-order valence-corrected chi connectivity index (χ2v) is 9.80. The molecule has 1 fully saturated rings. The van der Waals surface area contributed by atoms with E-state index in [1.54, 1.807) is 12.1 Å². The first kappa shape index (κ1) is 19.5. The van der Waals surface area contributed by atoms with Crippen molar-refractivity contribution in [1.29, 1.82) is 0 Å². The van der Waals surface area contributed by atoms with Crippen LogP contribution in [0.5, 0.6) is 0 Å². The molecule has 0 saturated carbocycles. The highest BCUT2D eigenvalue weighted by Gasteiger charge is 2.35. The number of aromatic nitrogens is 2. The Labute approximate surface area is 177 Å². The van der Waals surface area contributed by atoms with Crippen LogP contribution < -0.4 is 10.0 Å². The zero-order valence-corrected chi connectivity index (χ0v) is 17.9. The summed E-state index contributed by atoms with van der Waals surface area (Å²) in [5, 5.41) is 3.40. The van der Waals surface area contributed by atoms with Crippen LogP contribution in [0.15, 0.2) is 53.4 Å². The minimum atomic E-state index is -3.47. The Morgan fingerprint density at radius 1 is 1.07 bits per heavy atom. The molecule has 7 nitrogen and oxygen atoms in total. The molecule has 158 valence electrons. The SMILES string of the molecule is CCn1c(CN2CCC([C@H]3Nc4ccccc4S(=O)(=O)N3)CC2)nc2ccccc21. The topological polar surface area (TPSA) is 79.3 Å². The van der Waals surface area contributed by atoms with Gasteiger partial charge in [-0.3, -0.25) is 4.90 Å². The molecule has 2 aliphatic heterocycles. The van der Waals surface area contributed by atoms with Gasteiger partial charge in [0.15, 0.2) is 0 Å². The number of hydrogen-bond donors (Lipinski definition) is 2. The van der Waals surface area contributed by atoms with Gasteiger partial charge in [0, 0.05) is 6.54 Å². The van der Waals surface area contributed by atoms with Crippen molar-refractivity contribution in [3.8, 4) is 0 Å². The van der Waals surface area contributed by atoms with Crippen LogP contribution in [0.4, 0.5) is 5.69 Å². The molecule has 0 unspecified atom stereocenters. The van der Waals surface area contributed by atoms with E-state index in [1.807, 2.05) is 18.2 Å². The molecule has 0 aliphatic carbocycles. The number of para-hydroxylation sites is 3. The Morgan fingerprint density at radius 2 is 1.80 bits per heavy atom. The van der Waals surface area contributed by atoms with Gasteiger partial charge in [0.25, 0.3) is 0 Å². The van der Waals surface area contributed by atoms with Crippen LogP contribution in [0.2, 0.25) is 0 Å². The smallest absolute Gasteiger partial charge is 0.244 e. The molecule has 0 bridgehead atoms. The molecule has 1 atom stereocenters. The highest BCUT2D eigenvalue weighted by Crippen LogP contribution is 2.31. The Morgan fingerprint density at radius 3 is 2.60 bits per heavy atom. The first-order chi connectivity index (χ1) is 14.5. The summed E-state index contributed by atoms with van der Waals surface area (Å²) in [6.07, 6.45) is 1.62. The van der Waals surface area contributed by atoms with Crippen LogP contribution in [-0.2, 0) is 23.1 Å². The van der Waals surface area contributed by atoms with Crippen molar-refractivity contribution in [3.63, 3.8) is 0 Å². The third kappa shape index (κ3) is 3.49. The third-order valence-electron chi connectivity index (χ3n) is 6.29. The van der Waals surface area contributed by atoms with Gasteiger partial charge in [-0.15, -0.1) is 0 Å². The Balaban J connectivity index is 1.27. The summed E-state index contributed by atoms with van der Waals surface area (Å²) in [7, 11) is -3.47. The Kier molecular flexibility index (Phi) is 5.00. The first-order valence-electron chi connectivity index (χ1n) is 10.6. The third-order valence-corrected chi connectivity index (χ3v) is 7.79. The lowest BCUT2D eigenvalue weighted by molar-refractivity contribution is 0.159. The predicted octanol–water partition coefficient (Wildman–Crippen LogP) is 3.00. The van der Waals surface area contributed by atoms with Gasteiger partial charge in [-0.25, -0.2) is 13.4 Å². The van der Waals surface area contributed by atoms with Crippen molar-refractivity contribution in [2.24, 2.45) is 5.92 Å². The summed E-state index contributed by atoms with van der Waals surface area (Å²) in [5.74, 6) is 1.36. The molecule has 3 heterocycles. The van der Waals surface area contributed by atoms with Crippen LogP contribution >= 0.6 is 0 Å². The molecular formula is C22H27N5O2S. The van der Waals surface area contributed by atoms with E-state index in [4.69, 9.17) is 4.98 Å². The lowest BCUT2D eigenvalue weighted by Gasteiger charge is -2.38. The largest absolute Gasteiger partial charge is 0.368 e. The summed E-state index contributed by atoms with van der Waals surface area (Å²) >= 11 is 0. The van der Waals surface area contributed by atoms with Crippen LogP contribution in [0.1, 0.15) is 25.6 Å². The summed E-state index contributed by atoms with van der Waals surface area (Å²) in [5.41, 5.74) is 2.92. The highest BCUT2D eigenvalue weighted by atomic mass is 32.2. The second-order valence-electron chi connectivity index (χ2n) is 8.11. The van der Waals surface area contributed by atoms with E-state index < -0.39 is 10.0 Å². The molecule has 3 aromatic rings. The number of nitrogens with zero attached hydrogens (tertiary/aromatic N) is 3. The molecule has 0 amide bonds. The number of likely N-dealkylation sites (tertiary alicyclic amines) is 1. The van der Waals surface area contributed by atoms with Crippen LogP contribution in [0, 0.1) is 5.92 Å². The van der Waals surface area contributed by atoms with Crippen LogP contribution in [0.25, 0.3) is 11.0 Å². The van der Waals surface area contributed by atoms with E-state index in [2.05, 4.69) is 44.6 Å². The number of imidazole rings is 1. The molecule has 2 N–H and O–H groups in total. The molecule has 0 spiro atoms. The molecular weight excluding hydrogens is 398 g/mol. The summed E-state index contributed by atoms with van der Waals surface area (Å²) in [6.45, 7) is 5.74. The average molecular weight is 426 g/mol. The van der Waals surface area contributed by atoms with Gasteiger partial charge < -0.3 is 9.88 Å². The fourth-order valence-corrected chi connectivity index (χ4v) is 6.09. The number of piperidine rings is 1. The minimum Gasteiger partial charge on any atom is -0.368 e. The molecule has 8 heteroatoms. The number of sulfonamides is 1. The quantitative estimate of drug-likeness (QED) is 0.672. The maximum absolute atomic E-state index is 12.6. The molecule has 2 aromatic carbocycles. The number of anilines is 1. The standard InChI is InChI=1S/C22H27N5O2S/c1-2-27-19-9-5-3-7-17(19)23-21(27)15-26-13-11-16(12-14-26)22-24-18-8-4-6-10-20(18)30(28,29)25-22/h3-10,16,22,24-25H,2,11-15H2,1H3/t22-/m0/s1. The van der Waals surface area contributed by atoms with Crippen LogP contribution in [-0.4, -0.2) is 42.1 Å². The average Bonchev–Trinajstić information content (AvgIpc) is 3.10. The number of nitrogens with one attached hydrogen (secondary N) is 2. The van der Waals surface area contributed by atoms with E-state index in [0.29, 0.717) is 10.6 Å². The molecule has 2 aliphatic rings. The number of rotatable bonds is 4. The van der Waals surface area contributed by atoms with Crippen molar-refractivity contribution in [3.05, 3.63) is 54.4 Å². The Bertz CT molecular complexity index is 1170. The fourth-order valence-electron chi connectivity index (χ4n) is 4.71. The predicted molar refractivity (Wildman–Crippen MR) is 118 cm³/mol. The lowest BCUT2D eigenvalue weighted by atomic mass is 9.93. The van der Waals surface area contributed by atoms with E-state index in [1.165, 1.54) is 5.52 Å². The number of benzene rings is 2. The van der Waals surface area contributed by atoms with Gasteiger partial charge in [-0.2, -0.15) is 4.72 Å². The zero-order valence-electron chi connectivity index (χ0n) is 17.1. The number of hydrogen-bond acceptors (Lipinski definition) is 5. The van der Waals surface area contributed by atoms with Gasteiger partial charge >= 0.3 is 0 Å². The molecule has 1 aromatic heterocycles. The monoisotopic (exact) mass is 425 g/mol. The zero-order chi connectivity index (χ0) is 20.7. The van der Waals surface area contributed by atoms with E-state index in [9.17, 15) is 8.42 Å². The van der Waals surface area contributed by atoms with Crippen LogP contribution in [0.3, 0.4) is 0 Å². The van der Waals surface area contributed by atoms with Crippen molar-refractivity contribution >= 4 is 26.7 Å².